The van der Waals surface area contributed by atoms with Gasteiger partial charge in [0.05, 0.1) is 5.75 Å². The average molecular weight is 402 g/mol. The number of hydrogen-bond donors (Lipinski definition) is 0. The molecule has 0 aliphatic carbocycles. The van der Waals surface area contributed by atoms with Gasteiger partial charge < -0.3 is 0 Å². The number of sulfone groups is 1. The van der Waals surface area contributed by atoms with Gasteiger partial charge in [0.15, 0.2) is 0 Å². The van der Waals surface area contributed by atoms with Gasteiger partial charge in [-0.25, -0.2) is 8.42 Å². The van der Waals surface area contributed by atoms with Gasteiger partial charge in [0.25, 0.3) is 0 Å². The molecule has 0 unspecified atom stereocenters. The largest absolute Gasteiger partial charge is 0.229 e. The molecule has 0 spiro atoms. The van der Waals surface area contributed by atoms with Crippen molar-refractivity contribution in [3.63, 3.8) is 0 Å². The minimum atomic E-state index is -3.04. The Hall–Kier alpha value is 0.230. The van der Waals surface area contributed by atoms with Crippen LogP contribution in [0.3, 0.4) is 0 Å². The van der Waals surface area contributed by atoms with Gasteiger partial charge in [0, 0.05) is 27.4 Å². The summed E-state index contributed by atoms with van der Waals surface area (Å²) in [4.78, 5) is 0. The molecular formula is C14H19BrCl2O2S. The van der Waals surface area contributed by atoms with Crippen molar-refractivity contribution in [2.45, 2.75) is 25.2 Å². The van der Waals surface area contributed by atoms with Gasteiger partial charge in [-0.2, -0.15) is 0 Å². The van der Waals surface area contributed by atoms with E-state index in [9.17, 15) is 8.42 Å². The highest BCUT2D eigenvalue weighted by Gasteiger charge is 2.33. The fourth-order valence-electron chi connectivity index (χ4n) is 2.10. The summed E-state index contributed by atoms with van der Waals surface area (Å²) in [5.41, 5.74) is 0.445. The maximum Gasteiger partial charge on any atom is 0.150 e. The molecule has 0 saturated heterocycles. The van der Waals surface area contributed by atoms with Crippen LogP contribution in [-0.4, -0.2) is 31.7 Å². The second kappa shape index (κ2) is 8.02. The first-order valence-electron chi connectivity index (χ1n) is 6.48. The van der Waals surface area contributed by atoms with Gasteiger partial charge in [-0.1, -0.05) is 41.1 Å². The van der Waals surface area contributed by atoms with Crippen LogP contribution in [-0.2, 0) is 15.3 Å². The zero-order chi connectivity index (χ0) is 15.2. The normalized spacial score (nSPS) is 12.6. The van der Waals surface area contributed by atoms with E-state index in [4.69, 9.17) is 23.2 Å². The molecule has 0 radical (unpaired) electrons. The van der Waals surface area contributed by atoms with Crippen LogP contribution in [0.15, 0.2) is 28.7 Å². The molecule has 1 aromatic rings. The fraction of sp³-hybridized carbons (Fsp3) is 0.571. The third-order valence-electron chi connectivity index (χ3n) is 3.36. The molecule has 0 aliphatic heterocycles. The van der Waals surface area contributed by atoms with Crippen LogP contribution in [0.4, 0.5) is 0 Å². The summed E-state index contributed by atoms with van der Waals surface area (Å²) in [7, 11) is -3.04. The van der Waals surface area contributed by atoms with E-state index >= 15 is 0 Å². The van der Waals surface area contributed by atoms with E-state index in [2.05, 4.69) is 15.9 Å². The van der Waals surface area contributed by atoms with Crippen LogP contribution in [0.5, 0.6) is 0 Å². The van der Waals surface area contributed by atoms with Crippen LogP contribution < -0.4 is 0 Å². The lowest BCUT2D eigenvalue weighted by molar-refractivity contribution is 0.509. The Bertz CT molecular complexity index is 528. The number of hydrogen-bond acceptors (Lipinski definition) is 2. The highest BCUT2D eigenvalue weighted by atomic mass is 79.9. The highest BCUT2D eigenvalue weighted by Crippen LogP contribution is 2.36. The van der Waals surface area contributed by atoms with Crippen LogP contribution in [0, 0.1) is 0 Å². The van der Waals surface area contributed by atoms with Crippen molar-refractivity contribution >= 4 is 49.0 Å². The Balaban J connectivity index is 3.02. The van der Waals surface area contributed by atoms with Crippen LogP contribution >= 0.6 is 39.1 Å². The summed E-state index contributed by atoms with van der Waals surface area (Å²) in [5.74, 6) is 0.909. The van der Waals surface area contributed by atoms with E-state index in [-0.39, 0.29) is 11.5 Å². The van der Waals surface area contributed by atoms with Crippen LogP contribution in [0.25, 0.3) is 0 Å². The second-order valence-electron chi connectivity index (χ2n) is 4.93. The summed E-state index contributed by atoms with van der Waals surface area (Å²) < 4.78 is 24.8. The van der Waals surface area contributed by atoms with E-state index in [1.54, 1.807) is 0 Å². The van der Waals surface area contributed by atoms with Crippen molar-refractivity contribution in [3.05, 3.63) is 34.3 Å². The summed E-state index contributed by atoms with van der Waals surface area (Å²) in [5, 5.41) is 0. The quantitative estimate of drug-likeness (QED) is 0.605. The lowest BCUT2D eigenvalue weighted by Gasteiger charge is -2.31. The Morgan fingerprint density at radius 3 is 2.25 bits per heavy atom. The molecule has 0 heterocycles. The molecule has 0 N–H and O–H groups in total. The van der Waals surface area contributed by atoms with Gasteiger partial charge in [-0.15, -0.1) is 23.2 Å². The molecule has 0 aromatic heterocycles. The molecule has 0 aliphatic rings. The van der Waals surface area contributed by atoms with Gasteiger partial charge in [0.2, 0.25) is 0 Å². The predicted octanol–water partition coefficient (Wildman–Crippen LogP) is 4.38. The van der Waals surface area contributed by atoms with E-state index in [1.807, 2.05) is 31.2 Å². The Labute approximate surface area is 139 Å². The van der Waals surface area contributed by atoms with E-state index in [0.29, 0.717) is 24.6 Å². The van der Waals surface area contributed by atoms with Crippen molar-refractivity contribution < 1.29 is 8.42 Å². The molecule has 0 saturated carbocycles. The molecule has 6 heteroatoms. The summed E-state index contributed by atoms with van der Waals surface area (Å²) in [6, 6.07) is 7.69. The molecule has 2 nitrogen and oxygen atoms in total. The third-order valence-corrected chi connectivity index (χ3v) is 6.93. The average Bonchev–Trinajstić information content (AvgIpc) is 2.42. The maximum absolute atomic E-state index is 11.9. The zero-order valence-electron chi connectivity index (χ0n) is 11.4. The number of alkyl halides is 2. The SMILES string of the molecule is CCCS(=O)(=O)CCC(CCl)(CCl)c1ccccc1Br. The minimum Gasteiger partial charge on any atom is -0.229 e. The molecule has 0 bridgehead atoms. The zero-order valence-corrected chi connectivity index (χ0v) is 15.3. The number of benzene rings is 1. The Morgan fingerprint density at radius 2 is 1.75 bits per heavy atom. The predicted molar refractivity (Wildman–Crippen MR) is 90.8 cm³/mol. The van der Waals surface area contributed by atoms with Crippen molar-refractivity contribution in [3.8, 4) is 0 Å². The van der Waals surface area contributed by atoms with Gasteiger partial charge in [-0.05, 0) is 24.5 Å². The smallest absolute Gasteiger partial charge is 0.150 e. The van der Waals surface area contributed by atoms with Crippen LogP contribution in [0.2, 0.25) is 0 Å². The fourth-order valence-corrected chi connectivity index (χ4v) is 5.18. The molecule has 0 fully saturated rings. The Morgan fingerprint density at radius 1 is 1.15 bits per heavy atom. The molecule has 1 rings (SSSR count). The van der Waals surface area contributed by atoms with Crippen molar-refractivity contribution in [1.29, 1.82) is 0 Å². The monoisotopic (exact) mass is 400 g/mol. The van der Waals surface area contributed by atoms with E-state index in [0.717, 1.165) is 10.0 Å². The van der Waals surface area contributed by atoms with Crippen molar-refractivity contribution in [2.75, 3.05) is 23.3 Å². The molecule has 114 valence electrons. The molecule has 1 aromatic carbocycles. The Kier molecular flexibility index (Phi) is 7.33. The molecule has 0 atom stereocenters. The third kappa shape index (κ3) is 4.62. The molecular weight excluding hydrogens is 383 g/mol. The maximum atomic E-state index is 11.9. The second-order valence-corrected chi connectivity index (χ2v) is 8.62. The molecule has 0 amide bonds. The van der Waals surface area contributed by atoms with E-state index in [1.165, 1.54) is 0 Å². The highest BCUT2D eigenvalue weighted by molar-refractivity contribution is 9.10. The van der Waals surface area contributed by atoms with Gasteiger partial charge >= 0.3 is 0 Å². The van der Waals surface area contributed by atoms with Crippen molar-refractivity contribution in [1.82, 2.24) is 0 Å². The lowest BCUT2D eigenvalue weighted by Crippen LogP contribution is -2.34. The first-order valence-corrected chi connectivity index (χ1v) is 10.2. The van der Waals surface area contributed by atoms with Gasteiger partial charge in [-0.3, -0.25) is 0 Å². The van der Waals surface area contributed by atoms with Gasteiger partial charge in [0.1, 0.15) is 9.84 Å². The first-order chi connectivity index (χ1) is 9.40. The van der Waals surface area contributed by atoms with E-state index < -0.39 is 15.3 Å². The van der Waals surface area contributed by atoms with Crippen molar-refractivity contribution in [2.24, 2.45) is 0 Å². The van der Waals surface area contributed by atoms with Crippen LogP contribution in [0.1, 0.15) is 25.3 Å². The summed E-state index contributed by atoms with van der Waals surface area (Å²) >= 11 is 15.8. The summed E-state index contributed by atoms with van der Waals surface area (Å²) in [6.45, 7) is 1.86. The summed E-state index contributed by atoms with van der Waals surface area (Å²) in [6.07, 6.45) is 1.07. The topological polar surface area (TPSA) is 34.1 Å². The minimum absolute atomic E-state index is 0.113. The first kappa shape index (κ1) is 18.3. The number of halogens is 3. The lowest BCUT2D eigenvalue weighted by atomic mass is 9.82. The number of rotatable bonds is 8. The standard InChI is InChI=1S/C14H19BrCl2O2S/c1-2-8-20(18,19)9-7-14(10-16,11-17)12-5-3-4-6-13(12)15/h3-6H,2,7-11H2,1H3. The molecule has 20 heavy (non-hydrogen) atoms.